The Morgan fingerprint density at radius 1 is 1.33 bits per heavy atom. The molecule has 0 atom stereocenters. The number of aromatic amines is 1. The van der Waals surface area contributed by atoms with Crippen molar-refractivity contribution < 1.29 is 8.42 Å². The van der Waals surface area contributed by atoms with Gasteiger partial charge in [0.05, 0.1) is 5.75 Å². The SMILES string of the molecule is Cc1cc2cc(CS(N)(=O)=O)ccc2[nH]1. The summed E-state index contributed by atoms with van der Waals surface area (Å²) in [5, 5.41) is 5.99. The maximum Gasteiger partial charge on any atom is 0.213 e. The number of rotatable bonds is 2. The maximum absolute atomic E-state index is 10.9. The van der Waals surface area contributed by atoms with Crippen molar-refractivity contribution in [2.75, 3.05) is 0 Å². The van der Waals surface area contributed by atoms with Crippen LogP contribution in [0.15, 0.2) is 24.3 Å². The molecule has 0 amide bonds. The molecule has 2 aromatic rings. The summed E-state index contributed by atoms with van der Waals surface area (Å²) >= 11 is 0. The van der Waals surface area contributed by atoms with Crippen molar-refractivity contribution in [3.63, 3.8) is 0 Å². The molecule has 1 aromatic heterocycles. The van der Waals surface area contributed by atoms with Gasteiger partial charge in [-0.05, 0) is 36.1 Å². The van der Waals surface area contributed by atoms with E-state index in [-0.39, 0.29) is 5.75 Å². The molecular weight excluding hydrogens is 212 g/mol. The van der Waals surface area contributed by atoms with E-state index >= 15 is 0 Å². The third-order valence-electron chi connectivity index (χ3n) is 2.19. The molecule has 15 heavy (non-hydrogen) atoms. The van der Waals surface area contributed by atoms with Crippen LogP contribution in [0.5, 0.6) is 0 Å². The van der Waals surface area contributed by atoms with Gasteiger partial charge in [0.15, 0.2) is 0 Å². The molecule has 0 saturated carbocycles. The Morgan fingerprint density at radius 2 is 2.07 bits per heavy atom. The lowest BCUT2D eigenvalue weighted by molar-refractivity contribution is 0.597. The van der Waals surface area contributed by atoms with Gasteiger partial charge in [0, 0.05) is 11.2 Å². The van der Waals surface area contributed by atoms with Crippen molar-refractivity contribution >= 4 is 20.9 Å². The van der Waals surface area contributed by atoms with E-state index in [4.69, 9.17) is 5.14 Å². The number of aromatic nitrogens is 1. The van der Waals surface area contributed by atoms with Gasteiger partial charge in [-0.15, -0.1) is 0 Å². The van der Waals surface area contributed by atoms with Gasteiger partial charge in [-0.1, -0.05) is 6.07 Å². The number of hydrogen-bond acceptors (Lipinski definition) is 2. The molecule has 5 heteroatoms. The molecule has 0 aliphatic carbocycles. The fourth-order valence-electron chi connectivity index (χ4n) is 1.65. The first-order chi connectivity index (χ1) is 6.94. The monoisotopic (exact) mass is 224 g/mol. The highest BCUT2D eigenvalue weighted by atomic mass is 32.2. The van der Waals surface area contributed by atoms with Crippen LogP contribution in [0.4, 0.5) is 0 Å². The lowest BCUT2D eigenvalue weighted by Gasteiger charge is -1.98. The number of benzene rings is 1. The minimum atomic E-state index is -3.45. The quantitative estimate of drug-likeness (QED) is 0.805. The van der Waals surface area contributed by atoms with Crippen molar-refractivity contribution in [1.82, 2.24) is 4.98 Å². The van der Waals surface area contributed by atoms with Crippen LogP contribution in [0, 0.1) is 6.92 Å². The number of nitrogens with two attached hydrogens (primary N) is 1. The second-order valence-corrected chi connectivity index (χ2v) is 5.30. The van der Waals surface area contributed by atoms with E-state index in [1.807, 2.05) is 25.1 Å². The van der Waals surface area contributed by atoms with Crippen LogP contribution in [0.1, 0.15) is 11.3 Å². The third-order valence-corrected chi connectivity index (χ3v) is 2.92. The summed E-state index contributed by atoms with van der Waals surface area (Å²) in [6.07, 6.45) is 0. The minimum absolute atomic E-state index is 0.118. The van der Waals surface area contributed by atoms with E-state index in [1.54, 1.807) is 6.07 Å². The van der Waals surface area contributed by atoms with Gasteiger partial charge in [-0.3, -0.25) is 0 Å². The summed E-state index contributed by atoms with van der Waals surface area (Å²) in [6.45, 7) is 1.96. The second-order valence-electron chi connectivity index (χ2n) is 3.68. The van der Waals surface area contributed by atoms with Crippen LogP contribution in [0.2, 0.25) is 0 Å². The Balaban J connectivity index is 2.47. The largest absolute Gasteiger partial charge is 0.359 e. The van der Waals surface area contributed by atoms with Crippen LogP contribution in [-0.4, -0.2) is 13.4 Å². The summed E-state index contributed by atoms with van der Waals surface area (Å²) < 4.78 is 21.8. The Labute approximate surface area is 88.2 Å². The average molecular weight is 224 g/mol. The molecule has 80 valence electrons. The minimum Gasteiger partial charge on any atom is -0.359 e. The fourth-order valence-corrected chi connectivity index (χ4v) is 2.29. The summed E-state index contributed by atoms with van der Waals surface area (Å²) in [7, 11) is -3.45. The van der Waals surface area contributed by atoms with Crippen LogP contribution < -0.4 is 5.14 Å². The molecule has 2 rings (SSSR count). The summed E-state index contributed by atoms with van der Waals surface area (Å²) in [4.78, 5) is 3.17. The first-order valence-corrected chi connectivity index (χ1v) is 6.24. The second kappa shape index (κ2) is 3.36. The van der Waals surface area contributed by atoms with Gasteiger partial charge in [-0.25, -0.2) is 13.6 Å². The predicted octanol–water partition coefficient (Wildman–Crippen LogP) is 1.26. The van der Waals surface area contributed by atoms with Crippen molar-refractivity contribution in [1.29, 1.82) is 0 Å². The number of nitrogens with one attached hydrogen (secondary N) is 1. The van der Waals surface area contributed by atoms with Gasteiger partial charge < -0.3 is 4.98 Å². The molecule has 0 spiro atoms. The smallest absolute Gasteiger partial charge is 0.213 e. The summed E-state index contributed by atoms with van der Waals surface area (Å²) in [6, 6.07) is 7.44. The number of H-pyrrole nitrogens is 1. The van der Waals surface area contributed by atoms with Crippen LogP contribution in [-0.2, 0) is 15.8 Å². The van der Waals surface area contributed by atoms with E-state index < -0.39 is 10.0 Å². The van der Waals surface area contributed by atoms with Gasteiger partial charge in [-0.2, -0.15) is 0 Å². The molecule has 0 aliphatic heterocycles. The molecule has 1 aromatic carbocycles. The van der Waals surface area contributed by atoms with Crippen LogP contribution in [0.25, 0.3) is 10.9 Å². The van der Waals surface area contributed by atoms with Crippen LogP contribution >= 0.6 is 0 Å². The standard InChI is InChI=1S/C10H12N2O2S/c1-7-4-9-5-8(6-15(11,13)14)2-3-10(9)12-7/h2-5,12H,6H2,1H3,(H2,11,13,14). The predicted molar refractivity (Wildman–Crippen MR) is 59.8 cm³/mol. The molecule has 3 N–H and O–H groups in total. The molecule has 0 unspecified atom stereocenters. The molecule has 4 nitrogen and oxygen atoms in total. The highest BCUT2D eigenvalue weighted by molar-refractivity contribution is 7.88. The van der Waals surface area contributed by atoms with Gasteiger partial charge >= 0.3 is 0 Å². The zero-order chi connectivity index (χ0) is 11.1. The van der Waals surface area contributed by atoms with Crippen molar-refractivity contribution in [3.05, 3.63) is 35.5 Å². The van der Waals surface area contributed by atoms with E-state index in [2.05, 4.69) is 4.98 Å². The molecular formula is C10H12N2O2S. The third kappa shape index (κ3) is 2.37. The Hall–Kier alpha value is -1.33. The van der Waals surface area contributed by atoms with Crippen molar-refractivity contribution in [3.8, 4) is 0 Å². The zero-order valence-corrected chi connectivity index (χ0v) is 9.14. The van der Waals surface area contributed by atoms with Crippen molar-refractivity contribution in [2.45, 2.75) is 12.7 Å². The summed E-state index contributed by atoms with van der Waals surface area (Å²) in [5.74, 6) is -0.118. The molecule has 0 radical (unpaired) electrons. The topological polar surface area (TPSA) is 76.0 Å². The lowest BCUT2D eigenvalue weighted by atomic mass is 10.2. The van der Waals surface area contributed by atoms with Crippen molar-refractivity contribution in [2.24, 2.45) is 5.14 Å². The molecule has 0 fully saturated rings. The number of sulfonamides is 1. The number of aryl methyl sites for hydroxylation is 1. The first kappa shape index (κ1) is 10.2. The highest BCUT2D eigenvalue weighted by Gasteiger charge is 2.06. The molecule has 0 bridgehead atoms. The van der Waals surface area contributed by atoms with E-state index in [0.717, 1.165) is 16.6 Å². The zero-order valence-electron chi connectivity index (χ0n) is 8.32. The molecule has 0 aliphatic rings. The number of fused-ring (bicyclic) bond motifs is 1. The summed E-state index contributed by atoms with van der Waals surface area (Å²) in [5.41, 5.74) is 2.77. The fraction of sp³-hybridized carbons (Fsp3) is 0.200. The Kier molecular flexibility index (Phi) is 2.28. The lowest BCUT2D eigenvalue weighted by Crippen LogP contribution is -2.14. The maximum atomic E-state index is 10.9. The highest BCUT2D eigenvalue weighted by Crippen LogP contribution is 2.17. The number of primary sulfonamides is 1. The van der Waals surface area contributed by atoms with E-state index in [1.165, 1.54) is 0 Å². The van der Waals surface area contributed by atoms with E-state index in [0.29, 0.717) is 5.56 Å². The Morgan fingerprint density at radius 3 is 2.73 bits per heavy atom. The Bertz CT molecular complexity index is 599. The van der Waals surface area contributed by atoms with E-state index in [9.17, 15) is 8.42 Å². The first-order valence-electron chi connectivity index (χ1n) is 4.53. The number of hydrogen-bond donors (Lipinski definition) is 2. The van der Waals surface area contributed by atoms with Gasteiger partial charge in [0.25, 0.3) is 0 Å². The van der Waals surface area contributed by atoms with Crippen LogP contribution in [0.3, 0.4) is 0 Å². The molecule has 1 heterocycles. The molecule has 0 saturated heterocycles. The average Bonchev–Trinajstić information content (AvgIpc) is 2.40. The van der Waals surface area contributed by atoms with Gasteiger partial charge in [0.2, 0.25) is 10.0 Å². The van der Waals surface area contributed by atoms with Gasteiger partial charge in [0.1, 0.15) is 0 Å². The normalized spacial score (nSPS) is 12.1.